The van der Waals surface area contributed by atoms with E-state index >= 15 is 0 Å². The first-order valence-corrected chi connectivity index (χ1v) is 13.4. The maximum atomic E-state index is 13.3. The molecule has 0 unspecified atom stereocenters. The van der Waals surface area contributed by atoms with E-state index in [2.05, 4.69) is 24.8 Å². The van der Waals surface area contributed by atoms with Crippen LogP contribution in [0.5, 0.6) is 0 Å². The molecule has 34 heavy (non-hydrogen) atoms. The molecule has 2 fully saturated rings. The summed E-state index contributed by atoms with van der Waals surface area (Å²) >= 11 is 6.83. The van der Waals surface area contributed by atoms with Crippen LogP contribution in [0.15, 0.2) is 9.70 Å². The smallest absolute Gasteiger partial charge is 0.270 e. The van der Waals surface area contributed by atoms with Gasteiger partial charge in [0.25, 0.3) is 11.5 Å². The molecule has 2 aliphatic heterocycles. The van der Waals surface area contributed by atoms with E-state index in [1.807, 2.05) is 6.08 Å². The fourth-order valence-electron chi connectivity index (χ4n) is 4.30. The number of carbonyl (C=O) groups excluding carboxylic acids is 1. The molecule has 0 aliphatic carbocycles. The van der Waals surface area contributed by atoms with Crippen molar-refractivity contribution in [3.63, 3.8) is 0 Å². The summed E-state index contributed by atoms with van der Waals surface area (Å²) in [6.07, 6.45) is 7.86. The monoisotopic (exact) mass is 502 g/mol. The van der Waals surface area contributed by atoms with Crippen molar-refractivity contribution in [1.29, 1.82) is 5.26 Å². The lowest BCUT2D eigenvalue weighted by atomic mass is 10.0. The van der Waals surface area contributed by atoms with Crippen molar-refractivity contribution in [3.05, 3.63) is 31.9 Å². The minimum Gasteiger partial charge on any atom is -0.378 e. The number of unbranched alkanes of at least 4 members (excludes halogenated alkanes) is 4. The summed E-state index contributed by atoms with van der Waals surface area (Å²) in [6.45, 7) is 9.61. The molecule has 0 N–H and O–H groups in total. The van der Waals surface area contributed by atoms with Crippen molar-refractivity contribution in [2.75, 3.05) is 37.7 Å². The molecule has 1 aromatic heterocycles. The predicted octanol–water partition coefficient (Wildman–Crippen LogP) is 4.45. The normalized spacial score (nSPS) is 17.6. The number of thiocarbonyl (C=S) groups is 1. The van der Waals surface area contributed by atoms with Crippen molar-refractivity contribution in [2.45, 2.75) is 65.8 Å². The molecule has 3 rings (SSSR count). The number of carbonyl (C=O) groups is 1. The van der Waals surface area contributed by atoms with Crippen LogP contribution in [0, 0.1) is 18.3 Å². The molecule has 0 atom stereocenters. The van der Waals surface area contributed by atoms with Gasteiger partial charge in [-0.3, -0.25) is 19.1 Å². The maximum absolute atomic E-state index is 13.3. The van der Waals surface area contributed by atoms with Crippen LogP contribution in [0.3, 0.4) is 0 Å². The van der Waals surface area contributed by atoms with E-state index in [-0.39, 0.29) is 17.0 Å². The number of anilines is 1. The highest BCUT2D eigenvalue weighted by atomic mass is 32.2. The number of hydrogen-bond acceptors (Lipinski definition) is 7. The largest absolute Gasteiger partial charge is 0.378 e. The number of rotatable bonds is 10. The second-order valence-electron chi connectivity index (χ2n) is 8.65. The van der Waals surface area contributed by atoms with Crippen molar-refractivity contribution in [3.8, 4) is 6.07 Å². The summed E-state index contributed by atoms with van der Waals surface area (Å²) in [5.74, 6) is 0.676. The molecule has 2 saturated heterocycles. The molecular weight excluding hydrogens is 468 g/mol. The van der Waals surface area contributed by atoms with Crippen LogP contribution in [-0.4, -0.2) is 52.5 Å². The Balaban J connectivity index is 2.08. The van der Waals surface area contributed by atoms with E-state index in [1.54, 1.807) is 16.4 Å². The zero-order valence-electron chi connectivity index (χ0n) is 20.4. The molecule has 2 aliphatic rings. The van der Waals surface area contributed by atoms with Crippen LogP contribution < -0.4 is 10.5 Å². The van der Waals surface area contributed by atoms with Crippen LogP contribution in [0.25, 0.3) is 6.08 Å². The van der Waals surface area contributed by atoms with Gasteiger partial charge in [-0.1, -0.05) is 63.5 Å². The lowest BCUT2D eigenvalue weighted by molar-refractivity contribution is -0.122. The zero-order valence-corrected chi connectivity index (χ0v) is 22.0. The molecule has 9 heteroatoms. The molecule has 0 aromatic carbocycles. The van der Waals surface area contributed by atoms with Gasteiger partial charge in [-0.15, -0.1) is 0 Å². The number of thioether (sulfide) groups is 1. The lowest BCUT2D eigenvalue weighted by Gasteiger charge is -2.33. The highest BCUT2D eigenvalue weighted by Crippen LogP contribution is 2.36. The first kappa shape index (κ1) is 26.5. The topological polar surface area (TPSA) is 78.6 Å². The minimum absolute atomic E-state index is 0.0939. The predicted molar refractivity (Wildman–Crippen MR) is 142 cm³/mol. The third kappa shape index (κ3) is 5.73. The molecule has 1 amide bonds. The Morgan fingerprint density at radius 1 is 1.09 bits per heavy atom. The van der Waals surface area contributed by atoms with Crippen LogP contribution >= 0.6 is 24.0 Å². The number of hydrogen-bond donors (Lipinski definition) is 0. The molecular formula is C25H34N4O3S2. The molecule has 0 radical (unpaired) electrons. The average molecular weight is 503 g/mol. The number of nitriles is 1. The summed E-state index contributed by atoms with van der Waals surface area (Å²) in [4.78, 5) is 30.9. The van der Waals surface area contributed by atoms with Crippen LogP contribution in [0.1, 0.15) is 69.1 Å². The lowest BCUT2D eigenvalue weighted by Crippen LogP contribution is -2.41. The molecule has 0 spiro atoms. The highest BCUT2D eigenvalue weighted by molar-refractivity contribution is 8.26. The van der Waals surface area contributed by atoms with E-state index in [1.165, 1.54) is 11.8 Å². The van der Waals surface area contributed by atoms with Crippen LogP contribution in [-0.2, 0) is 16.1 Å². The standard InChI is InChI=1S/C25H34N4O3S2/c1-4-6-8-9-11-29-24(31)21(34-25(29)33)16-19-18(3)20(17-26)23(30)28(10-7-5-2)22(19)27-12-14-32-15-13-27/h16H,4-15H2,1-3H3/b21-16+. The highest BCUT2D eigenvalue weighted by Gasteiger charge is 2.33. The van der Waals surface area contributed by atoms with Gasteiger partial charge in [0.05, 0.1) is 18.1 Å². The molecule has 0 saturated carbocycles. The van der Waals surface area contributed by atoms with Crippen molar-refractivity contribution >= 4 is 46.1 Å². The summed E-state index contributed by atoms with van der Waals surface area (Å²) < 4.78 is 7.83. The maximum Gasteiger partial charge on any atom is 0.270 e. The van der Waals surface area contributed by atoms with Crippen molar-refractivity contribution < 1.29 is 9.53 Å². The zero-order chi connectivity index (χ0) is 24.7. The average Bonchev–Trinajstić information content (AvgIpc) is 3.10. The third-order valence-electron chi connectivity index (χ3n) is 6.28. The summed E-state index contributed by atoms with van der Waals surface area (Å²) in [7, 11) is 0. The van der Waals surface area contributed by atoms with Crippen molar-refractivity contribution in [2.24, 2.45) is 0 Å². The van der Waals surface area contributed by atoms with Gasteiger partial charge in [-0.2, -0.15) is 5.26 Å². The molecule has 3 heterocycles. The van der Waals surface area contributed by atoms with Gasteiger partial charge in [-0.05, 0) is 31.4 Å². The van der Waals surface area contributed by atoms with Crippen LogP contribution in [0.2, 0.25) is 0 Å². The van der Waals surface area contributed by atoms with E-state index in [0.29, 0.717) is 54.2 Å². The fourth-order valence-corrected chi connectivity index (χ4v) is 5.59. The Morgan fingerprint density at radius 3 is 2.44 bits per heavy atom. The number of aromatic nitrogens is 1. The summed E-state index contributed by atoms with van der Waals surface area (Å²) in [5, 5.41) is 9.79. The second-order valence-corrected chi connectivity index (χ2v) is 10.3. The molecule has 184 valence electrons. The summed E-state index contributed by atoms with van der Waals surface area (Å²) in [5.41, 5.74) is 1.22. The Kier molecular flexibility index (Phi) is 9.74. The van der Waals surface area contributed by atoms with Gasteiger partial charge in [0.15, 0.2) is 0 Å². The number of ether oxygens (including phenoxy) is 1. The number of morpholine rings is 1. The minimum atomic E-state index is -0.268. The van der Waals surface area contributed by atoms with E-state index in [4.69, 9.17) is 17.0 Å². The van der Waals surface area contributed by atoms with E-state index < -0.39 is 0 Å². The molecule has 0 bridgehead atoms. The molecule has 7 nitrogen and oxygen atoms in total. The van der Waals surface area contributed by atoms with Gasteiger partial charge in [0, 0.05) is 31.7 Å². The van der Waals surface area contributed by atoms with Crippen LogP contribution in [0.4, 0.5) is 5.82 Å². The van der Waals surface area contributed by atoms with E-state index in [9.17, 15) is 14.9 Å². The third-order valence-corrected chi connectivity index (χ3v) is 7.65. The first-order valence-electron chi connectivity index (χ1n) is 12.2. The Bertz CT molecular complexity index is 1050. The number of nitrogens with zero attached hydrogens (tertiary/aromatic N) is 4. The van der Waals surface area contributed by atoms with Crippen molar-refractivity contribution in [1.82, 2.24) is 9.47 Å². The quantitative estimate of drug-likeness (QED) is 0.266. The number of pyridine rings is 1. The van der Waals surface area contributed by atoms with Gasteiger partial charge in [0.2, 0.25) is 0 Å². The summed E-state index contributed by atoms with van der Waals surface area (Å²) in [6, 6.07) is 2.11. The van der Waals surface area contributed by atoms with Gasteiger partial charge >= 0.3 is 0 Å². The Morgan fingerprint density at radius 2 is 1.79 bits per heavy atom. The molecule has 1 aromatic rings. The SMILES string of the molecule is CCCCCCN1C(=O)/C(=C\c2c(C)c(C#N)c(=O)n(CCCC)c2N2CCOCC2)SC1=S. The van der Waals surface area contributed by atoms with Gasteiger partial charge in [0.1, 0.15) is 21.8 Å². The first-order chi connectivity index (χ1) is 16.4. The van der Waals surface area contributed by atoms with Gasteiger partial charge < -0.3 is 9.64 Å². The Hall–Kier alpha value is -2.15. The van der Waals surface area contributed by atoms with Gasteiger partial charge in [-0.25, -0.2) is 0 Å². The second kappa shape index (κ2) is 12.5. The number of amides is 1. The Labute approximate surface area is 211 Å². The van der Waals surface area contributed by atoms with E-state index in [0.717, 1.165) is 49.9 Å². The fraction of sp³-hybridized carbons (Fsp3) is 0.600.